The van der Waals surface area contributed by atoms with E-state index >= 15 is 0 Å². The minimum Gasteiger partial charge on any atom is -0.480 e. The Bertz CT molecular complexity index is 2880. The molecule has 1 amide bonds. The van der Waals surface area contributed by atoms with Crippen molar-refractivity contribution in [3.8, 4) is 0 Å². The predicted octanol–water partition coefficient (Wildman–Crippen LogP) is 3.41. The maximum absolute atomic E-state index is 12.9. The molecule has 34 nitrogen and oxygen atoms in total. The number of phosphoric acid groups is 3. The summed E-state index contributed by atoms with van der Waals surface area (Å²) in [5, 5.41) is 55.9. The number of rotatable bonds is 37. The molecule has 0 radical (unpaired) electrons. The number of nitrogens with zero attached hydrogens (tertiary/aromatic N) is 3. The number of benzene rings is 1. The Balaban J connectivity index is 0.000000471. The number of nitrogens with one attached hydrogen (secondary N) is 3. The van der Waals surface area contributed by atoms with E-state index < -0.39 is 140 Å². The van der Waals surface area contributed by atoms with E-state index in [1.807, 2.05) is 6.92 Å². The number of unbranched alkanes of at least 4 members (excludes halogenated alkanes) is 1. The van der Waals surface area contributed by atoms with Gasteiger partial charge < -0.3 is 85.0 Å². The van der Waals surface area contributed by atoms with Crippen molar-refractivity contribution in [2.45, 2.75) is 158 Å². The molecule has 2 aromatic heterocycles. The molecule has 5 heterocycles. The molecule has 7 unspecified atom stereocenters. The zero-order valence-electron chi connectivity index (χ0n) is 49.7. The third-order valence-corrected chi connectivity index (χ3v) is 16.3. The zero-order chi connectivity index (χ0) is 66.1. The lowest BCUT2D eigenvalue weighted by molar-refractivity contribution is -0.139. The number of nitrogens with two attached hydrogens (primary N) is 1. The van der Waals surface area contributed by atoms with E-state index in [9.17, 15) is 73.1 Å². The second-order valence-corrected chi connectivity index (χ2v) is 24.5. The highest BCUT2D eigenvalue weighted by Gasteiger charge is 2.50. The van der Waals surface area contributed by atoms with Crippen LogP contribution in [0.3, 0.4) is 0 Å². The van der Waals surface area contributed by atoms with Crippen molar-refractivity contribution in [2.75, 3.05) is 77.6 Å². The van der Waals surface area contributed by atoms with Crippen LogP contribution < -0.4 is 21.9 Å². The number of aliphatic hydroxyl groups excluding tert-OH is 4. The Morgan fingerprint density at radius 1 is 0.711 bits per heavy atom. The minimum atomic E-state index is -5.09. The van der Waals surface area contributed by atoms with E-state index in [1.165, 1.54) is 27.0 Å². The number of fused-ring (bicyclic) bond motifs is 1. The number of H-pyrrole nitrogens is 1. The normalized spacial score (nSPS) is 26.1. The van der Waals surface area contributed by atoms with Crippen LogP contribution in [-0.2, 0) is 85.4 Å². The summed E-state index contributed by atoms with van der Waals surface area (Å²) < 4.78 is 99.7. The van der Waals surface area contributed by atoms with E-state index in [0.717, 1.165) is 12.8 Å². The first-order chi connectivity index (χ1) is 42.1. The molecule has 16 atom stereocenters. The molecule has 3 saturated heterocycles. The van der Waals surface area contributed by atoms with Gasteiger partial charge in [-0.2, -0.15) is 4.98 Å². The number of carboxylic acids is 1. The van der Waals surface area contributed by atoms with Crippen molar-refractivity contribution in [1.29, 1.82) is 0 Å². The van der Waals surface area contributed by atoms with E-state index in [1.54, 1.807) is 31.4 Å². The summed E-state index contributed by atoms with van der Waals surface area (Å²) in [6.07, 6.45) is -11.0. The van der Waals surface area contributed by atoms with Gasteiger partial charge in [-0.15, -0.1) is 24.0 Å². The van der Waals surface area contributed by atoms with Crippen LogP contribution in [0, 0.1) is 0 Å². The summed E-state index contributed by atoms with van der Waals surface area (Å²) in [5.41, 5.74) is 6.65. The summed E-state index contributed by atoms with van der Waals surface area (Å²) in [6.45, 7) is 6.35. The van der Waals surface area contributed by atoms with Crippen LogP contribution >= 0.6 is 84.7 Å². The molecule has 3 aromatic rings. The molecule has 3 aliphatic heterocycles. The van der Waals surface area contributed by atoms with Gasteiger partial charge in [-0.1, -0.05) is 6.92 Å². The second-order valence-electron chi connectivity index (χ2n) is 20.3. The van der Waals surface area contributed by atoms with E-state index in [0.29, 0.717) is 50.7 Å². The van der Waals surface area contributed by atoms with Crippen molar-refractivity contribution in [3.63, 3.8) is 0 Å². The Morgan fingerprint density at radius 2 is 1.26 bits per heavy atom. The highest BCUT2D eigenvalue weighted by atomic mass is 128. The number of phosphoric ester groups is 3. The van der Waals surface area contributed by atoms with Crippen molar-refractivity contribution in [3.05, 3.63) is 52.1 Å². The fraction of sp³-hybridized carbons (Fsp3) is 0.700. The molecular formula is C50H81I3N7O27P3. The number of aromatic amines is 1. The molecule has 0 spiro atoms. The smallest absolute Gasteiger partial charge is 0.472 e. The first-order valence-electron chi connectivity index (χ1n) is 27.9. The molecule has 3 fully saturated rings. The number of halogens is 3. The number of aromatic nitrogens is 4. The number of Topliss-reactive ketones (excluding diaryl/α,β-unsaturated/α-hetero) is 1. The monoisotopic (exact) mass is 1690 g/mol. The van der Waals surface area contributed by atoms with Gasteiger partial charge in [0.1, 0.15) is 66.8 Å². The van der Waals surface area contributed by atoms with Gasteiger partial charge in [-0.05, 0) is 77.1 Å². The van der Waals surface area contributed by atoms with Crippen LogP contribution in [0.25, 0.3) is 11.2 Å². The SMILES string of the molecule is CCCOCCOCCCOP(=O)(O)OC[C@H]1O[C@@H](C)C(O)[C@H]1OP(=O)(O)OC[C@H]1O[C@@H](C)C(O)[C@H]1OP(=O)(O)OC[C@H]1O[C@@H](C)C(O)[C@H]1O.COCCCCC(=O)CCC(NC(=O)c1ccc(NCc2cnc3nc(N)[nH]c(=O)c3n2)cc1)C(=O)O.I.II. The second kappa shape index (κ2) is 41.0. The van der Waals surface area contributed by atoms with Crippen molar-refractivity contribution in [1.82, 2.24) is 25.3 Å². The number of nitrogen functional groups attached to an aromatic ring is 1. The van der Waals surface area contributed by atoms with Crippen LogP contribution in [0.15, 0.2) is 35.3 Å². The Labute approximate surface area is 558 Å². The number of hydrogen-bond acceptors (Lipinski definition) is 28. The van der Waals surface area contributed by atoms with Gasteiger partial charge in [-0.25, -0.2) is 28.5 Å². The van der Waals surface area contributed by atoms with Crippen LogP contribution in [0.2, 0.25) is 0 Å². The van der Waals surface area contributed by atoms with Gasteiger partial charge in [-0.3, -0.25) is 46.5 Å². The number of aliphatic carboxylic acids is 1. The van der Waals surface area contributed by atoms with Crippen molar-refractivity contribution in [2.24, 2.45) is 0 Å². The average molecular weight is 1690 g/mol. The largest absolute Gasteiger partial charge is 0.480 e. The minimum absolute atomic E-state index is 0. The molecule has 6 rings (SSSR count). The van der Waals surface area contributed by atoms with E-state index in [4.69, 9.17) is 61.3 Å². The van der Waals surface area contributed by atoms with Gasteiger partial charge in [0.2, 0.25) is 5.95 Å². The van der Waals surface area contributed by atoms with Crippen molar-refractivity contribution < 1.29 is 124 Å². The summed E-state index contributed by atoms with van der Waals surface area (Å²) in [6, 6.07) is 5.21. The Kier molecular flexibility index (Phi) is 37.4. The maximum Gasteiger partial charge on any atom is 0.472 e. The molecular weight excluding hydrogens is 1600 g/mol. The topological polar surface area (TPSA) is 497 Å². The summed E-state index contributed by atoms with van der Waals surface area (Å²) in [5.74, 6) is -1.85. The fourth-order valence-corrected chi connectivity index (χ4v) is 11.3. The lowest BCUT2D eigenvalue weighted by Gasteiger charge is -2.26. The first-order valence-corrected chi connectivity index (χ1v) is 38.7. The average Bonchev–Trinajstić information content (AvgIpc) is 2.31. The maximum atomic E-state index is 12.9. The first kappa shape index (κ1) is 82.0. The molecule has 0 aliphatic carbocycles. The predicted molar refractivity (Wildman–Crippen MR) is 345 cm³/mol. The molecule has 0 bridgehead atoms. The van der Waals surface area contributed by atoms with Crippen LogP contribution in [0.4, 0.5) is 11.6 Å². The molecule has 1 aromatic carbocycles. The lowest BCUT2D eigenvalue weighted by Crippen LogP contribution is -2.41. The van der Waals surface area contributed by atoms with Gasteiger partial charge in [0.05, 0.1) is 76.4 Å². The molecule has 40 heteroatoms. The van der Waals surface area contributed by atoms with Crippen LogP contribution in [-0.4, -0.2) is 224 Å². The highest BCUT2D eigenvalue weighted by molar-refractivity contribution is 15.0. The number of ether oxygens (including phenoxy) is 6. The number of amides is 1. The molecule has 90 heavy (non-hydrogen) atoms. The van der Waals surface area contributed by atoms with E-state index in [2.05, 4.69) is 67.8 Å². The Hall–Kier alpha value is -2.23. The quantitative estimate of drug-likeness (QED) is 0.0223. The summed E-state index contributed by atoms with van der Waals surface area (Å²) in [4.78, 5) is 93.5. The summed E-state index contributed by atoms with van der Waals surface area (Å²) in [7, 11) is -13.1. The molecule has 514 valence electrons. The standard InChI is InChI=1S/C26H51O21P3.C24H29N7O6.I2.HI/c1-5-7-37-10-11-38-8-6-9-39-48(31,32)40-13-19-25(22(28)16(3)44-19)47-50(35,36)42-14-20-26(23(29)17(4)45-20)46-49(33,34)41-12-18-24(30)21(27)15(2)43-18;1-37-11-3-2-4-17(32)9-10-18(23(35)36)29-21(33)14-5-7-15(8-6-14)26-12-16-13-27-20-19(28-16)22(34)31-24(25)30-20;1-2;/h15-30H,5-14H2,1-4H3,(H,31,32)(H,33,34)(H,35,36);5-8,13,18,26H,2-4,9-12H2,1H3,(H,29,33)(H,35,36)(H3,25,27,30,31,34);;1H/t15-,16-,17-,18+,19+,20+,21?,22?,23?,24-,25-,26-;;;/m0.../s1. The third kappa shape index (κ3) is 27.8. The number of methoxy groups -OCH3 is 1. The van der Waals surface area contributed by atoms with Gasteiger partial charge >= 0.3 is 29.4 Å². The number of carbonyl (C=O) groups excluding carboxylic acids is 2. The fourth-order valence-electron chi connectivity index (χ4n) is 8.64. The van der Waals surface area contributed by atoms with E-state index in [-0.39, 0.29) is 91.5 Å². The molecule has 13 N–H and O–H groups in total. The number of hydrogen-bond donors (Lipinski definition) is 12. The number of carbonyl (C=O) groups is 3. The molecule has 0 saturated carbocycles. The lowest BCUT2D eigenvalue weighted by atomic mass is 10.0. The highest BCUT2D eigenvalue weighted by Crippen LogP contribution is 2.51. The number of anilines is 2. The van der Waals surface area contributed by atoms with Gasteiger partial charge in [0.15, 0.2) is 11.2 Å². The third-order valence-electron chi connectivity index (χ3n) is 13.3. The number of ketones is 1. The molecule has 3 aliphatic rings. The van der Waals surface area contributed by atoms with Gasteiger partial charge in [0, 0.05) is 88.3 Å². The number of aliphatic hydroxyl groups is 4. The zero-order valence-corrected chi connectivity index (χ0v) is 59.0. The number of carboxylic acid groups (broad SMARTS) is 1. The van der Waals surface area contributed by atoms with Crippen molar-refractivity contribution >= 4 is 125 Å². The Morgan fingerprint density at radius 3 is 1.80 bits per heavy atom. The summed E-state index contributed by atoms with van der Waals surface area (Å²) >= 11 is 4.24. The van der Waals surface area contributed by atoms with Crippen LogP contribution in [0.1, 0.15) is 88.7 Å². The van der Waals surface area contributed by atoms with Crippen LogP contribution in [0.5, 0.6) is 0 Å². The van der Waals surface area contributed by atoms with Gasteiger partial charge in [0.25, 0.3) is 11.5 Å².